The van der Waals surface area contributed by atoms with E-state index in [0.29, 0.717) is 30.3 Å². The van der Waals surface area contributed by atoms with E-state index < -0.39 is 35.7 Å². The zero-order chi connectivity index (χ0) is 21.5. The number of urea groups is 1. The molecule has 4 rings (SSSR count). The lowest BCUT2D eigenvalue weighted by atomic mass is 9.91. The Labute approximate surface area is 175 Å². The summed E-state index contributed by atoms with van der Waals surface area (Å²) in [7, 11) is 0. The van der Waals surface area contributed by atoms with Crippen molar-refractivity contribution in [3.8, 4) is 11.5 Å². The fraction of sp³-hybridized carbons (Fsp3) is 0.250. The average molecular weight is 434 g/mol. The van der Waals surface area contributed by atoms with Gasteiger partial charge in [-0.2, -0.15) is 0 Å². The summed E-state index contributed by atoms with van der Waals surface area (Å²) in [5.74, 6) is -0.811. The molecule has 0 aromatic heterocycles. The minimum atomic E-state index is -1.37. The number of halogens is 2. The van der Waals surface area contributed by atoms with Crippen LogP contribution in [0.2, 0.25) is 5.02 Å². The summed E-state index contributed by atoms with van der Waals surface area (Å²) < 4.78 is 24.3. The number of nitrogens with one attached hydrogen (secondary N) is 2. The predicted molar refractivity (Wildman–Crippen MR) is 105 cm³/mol. The molecule has 1 saturated heterocycles. The van der Waals surface area contributed by atoms with Gasteiger partial charge in [-0.25, -0.2) is 9.18 Å². The number of hydrogen-bond donors (Lipinski definition) is 2. The maximum Gasteiger partial charge on any atom is 0.325 e. The highest BCUT2D eigenvalue weighted by Crippen LogP contribution is 2.36. The molecule has 30 heavy (non-hydrogen) atoms. The van der Waals surface area contributed by atoms with E-state index in [1.165, 1.54) is 12.1 Å². The molecule has 1 unspecified atom stereocenters. The second-order valence-corrected chi connectivity index (χ2v) is 7.39. The molecule has 1 atom stereocenters. The number of amides is 4. The third-order valence-corrected chi connectivity index (χ3v) is 5.19. The number of hydrogen-bond acceptors (Lipinski definition) is 5. The molecule has 2 heterocycles. The van der Waals surface area contributed by atoms with Crippen molar-refractivity contribution < 1.29 is 28.2 Å². The van der Waals surface area contributed by atoms with Gasteiger partial charge in [0.2, 0.25) is 5.91 Å². The fourth-order valence-corrected chi connectivity index (χ4v) is 3.49. The van der Waals surface area contributed by atoms with E-state index >= 15 is 0 Å². The lowest BCUT2D eigenvalue weighted by Crippen LogP contribution is -2.42. The Hall–Kier alpha value is -3.33. The first-order valence-electron chi connectivity index (χ1n) is 9.07. The Bertz CT molecular complexity index is 1060. The fourth-order valence-electron chi connectivity index (χ4n) is 3.31. The van der Waals surface area contributed by atoms with Crippen LogP contribution in [0.15, 0.2) is 36.4 Å². The molecule has 0 aliphatic carbocycles. The third kappa shape index (κ3) is 3.52. The molecule has 4 amide bonds. The SMILES string of the molecule is CC1(c2ccc3c(c2)OCCO3)NC(=O)N(CC(=O)Nc2ccc(F)c(Cl)c2)C1=O. The van der Waals surface area contributed by atoms with E-state index in [1.54, 1.807) is 25.1 Å². The zero-order valence-corrected chi connectivity index (χ0v) is 16.6. The first-order valence-corrected chi connectivity index (χ1v) is 9.45. The average Bonchev–Trinajstić information content (AvgIpc) is 2.94. The van der Waals surface area contributed by atoms with Crippen LogP contribution in [-0.2, 0) is 15.1 Å². The van der Waals surface area contributed by atoms with E-state index in [4.69, 9.17) is 21.1 Å². The van der Waals surface area contributed by atoms with Crippen molar-refractivity contribution in [2.75, 3.05) is 25.1 Å². The Morgan fingerprint density at radius 3 is 2.67 bits per heavy atom. The molecule has 0 radical (unpaired) electrons. The first kappa shape index (κ1) is 20.0. The first-order chi connectivity index (χ1) is 14.3. The summed E-state index contributed by atoms with van der Waals surface area (Å²) in [5.41, 5.74) is -0.627. The molecule has 0 bridgehead atoms. The molecule has 2 N–H and O–H groups in total. The van der Waals surface area contributed by atoms with Crippen LogP contribution in [0.3, 0.4) is 0 Å². The van der Waals surface area contributed by atoms with Crippen molar-refractivity contribution >= 4 is 35.1 Å². The highest BCUT2D eigenvalue weighted by atomic mass is 35.5. The largest absolute Gasteiger partial charge is 0.486 e. The van der Waals surface area contributed by atoms with Gasteiger partial charge in [-0.1, -0.05) is 17.7 Å². The van der Waals surface area contributed by atoms with Gasteiger partial charge in [0.15, 0.2) is 11.5 Å². The molecule has 2 aliphatic heterocycles. The number of carbonyl (C=O) groups is 3. The molecule has 2 aromatic rings. The predicted octanol–water partition coefficient (Wildman–Crippen LogP) is 2.66. The van der Waals surface area contributed by atoms with Crippen LogP contribution in [0.1, 0.15) is 12.5 Å². The number of ether oxygens (including phenoxy) is 2. The molecule has 0 saturated carbocycles. The Kier molecular flexibility index (Phi) is 4.98. The van der Waals surface area contributed by atoms with E-state index in [-0.39, 0.29) is 10.7 Å². The highest BCUT2D eigenvalue weighted by molar-refractivity contribution is 6.31. The van der Waals surface area contributed by atoms with Gasteiger partial charge in [0.05, 0.1) is 5.02 Å². The van der Waals surface area contributed by atoms with Gasteiger partial charge in [-0.3, -0.25) is 14.5 Å². The zero-order valence-electron chi connectivity index (χ0n) is 15.8. The minimum absolute atomic E-state index is 0.158. The highest BCUT2D eigenvalue weighted by Gasteiger charge is 2.49. The second kappa shape index (κ2) is 7.49. The van der Waals surface area contributed by atoms with E-state index in [0.717, 1.165) is 11.0 Å². The number of carbonyl (C=O) groups excluding carboxylic acids is 3. The normalized spacial score (nSPS) is 20.2. The quantitative estimate of drug-likeness (QED) is 0.722. The van der Waals surface area contributed by atoms with Crippen molar-refractivity contribution in [1.29, 1.82) is 0 Å². The van der Waals surface area contributed by atoms with Crippen molar-refractivity contribution in [1.82, 2.24) is 10.2 Å². The van der Waals surface area contributed by atoms with Crippen LogP contribution in [0.25, 0.3) is 0 Å². The summed E-state index contributed by atoms with van der Waals surface area (Å²) in [6.45, 7) is 1.85. The molecule has 8 nitrogen and oxygen atoms in total. The summed E-state index contributed by atoms with van der Waals surface area (Å²) in [6.07, 6.45) is 0. The number of nitrogens with zero attached hydrogens (tertiary/aromatic N) is 1. The summed E-state index contributed by atoms with van der Waals surface area (Å²) in [6, 6.07) is 7.92. The summed E-state index contributed by atoms with van der Waals surface area (Å²) in [4.78, 5) is 38.6. The third-order valence-electron chi connectivity index (χ3n) is 4.90. The van der Waals surface area contributed by atoms with E-state index in [1.807, 2.05) is 0 Å². The lowest BCUT2D eigenvalue weighted by Gasteiger charge is -2.25. The van der Waals surface area contributed by atoms with Crippen molar-refractivity contribution in [3.05, 3.63) is 52.8 Å². The Balaban J connectivity index is 1.50. The van der Waals surface area contributed by atoms with Gasteiger partial charge >= 0.3 is 6.03 Å². The van der Waals surface area contributed by atoms with Crippen LogP contribution in [-0.4, -0.2) is 42.5 Å². The monoisotopic (exact) mass is 433 g/mol. The molecular formula is C20H17ClFN3O5. The van der Waals surface area contributed by atoms with Gasteiger partial charge in [0, 0.05) is 5.69 Å². The van der Waals surface area contributed by atoms with Crippen molar-refractivity contribution in [3.63, 3.8) is 0 Å². The molecule has 2 aromatic carbocycles. The molecule has 0 spiro atoms. The number of rotatable bonds is 4. The number of fused-ring (bicyclic) bond motifs is 1. The maximum atomic E-state index is 13.3. The standard InChI is InChI=1S/C20H17ClFN3O5/c1-20(11-2-5-15-16(8-11)30-7-6-29-15)18(27)25(19(28)24-20)10-17(26)23-12-3-4-14(22)13(21)9-12/h2-5,8-9H,6-7,10H2,1H3,(H,23,26)(H,24,28). The smallest absolute Gasteiger partial charge is 0.325 e. The van der Waals surface area contributed by atoms with Crippen LogP contribution >= 0.6 is 11.6 Å². The van der Waals surface area contributed by atoms with Crippen LogP contribution < -0.4 is 20.1 Å². The minimum Gasteiger partial charge on any atom is -0.486 e. The van der Waals surface area contributed by atoms with Crippen molar-refractivity contribution in [2.24, 2.45) is 0 Å². The molecular weight excluding hydrogens is 417 g/mol. The maximum absolute atomic E-state index is 13.3. The van der Waals surface area contributed by atoms with Crippen LogP contribution in [0, 0.1) is 5.82 Å². The molecule has 2 aliphatic rings. The molecule has 156 valence electrons. The number of anilines is 1. The summed E-state index contributed by atoms with van der Waals surface area (Å²) >= 11 is 5.70. The van der Waals surface area contributed by atoms with Gasteiger partial charge in [-0.15, -0.1) is 0 Å². The van der Waals surface area contributed by atoms with Gasteiger partial charge in [0.25, 0.3) is 5.91 Å². The van der Waals surface area contributed by atoms with Gasteiger partial charge < -0.3 is 20.1 Å². The van der Waals surface area contributed by atoms with E-state index in [2.05, 4.69) is 10.6 Å². The second-order valence-electron chi connectivity index (χ2n) is 6.98. The summed E-state index contributed by atoms with van der Waals surface area (Å²) in [5, 5.41) is 4.96. The molecule has 1 fully saturated rings. The van der Waals surface area contributed by atoms with E-state index in [9.17, 15) is 18.8 Å². The Morgan fingerprint density at radius 1 is 1.20 bits per heavy atom. The Morgan fingerprint density at radius 2 is 1.93 bits per heavy atom. The topological polar surface area (TPSA) is 97.0 Å². The number of benzene rings is 2. The van der Waals surface area contributed by atoms with Gasteiger partial charge in [0.1, 0.15) is 31.1 Å². The van der Waals surface area contributed by atoms with Crippen molar-refractivity contribution in [2.45, 2.75) is 12.5 Å². The molecule has 10 heteroatoms. The lowest BCUT2D eigenvalue weighted by molar-refractivity contribution is -0.133. The van der Waals surface area contributed by atoms with Crippen LogP contribution in [0.4, 0.5) is 14.9 Å². The van der Waals surface area contributed by atoms with Gasteiger partial charge in [-0.05, 0) is 42.8 Å². The van der Waals surface area contributed by atoms with Crippen LogP contribution in [0.5, 0.6) is 11.5 Å². The number of imide groups is 1.